The largest absolute Gasteiger partial charge is 0.458 e. The maximum absolute atomic E-state index is 13.4. The standard InChI is InChI=1S/C25H22N2O3S/c1-4-14-30-24(29)21-17(3)26-25-27(22(21)19-8-6-5-7-9-19)23(28)20(31-25)15-18-12-10-16(2)11-13-18/h4-13,15,22H,1,14H2,2-3H3/b20-15+. The Morgan fingerprint density at radius 3 is 2.55 bits per heavy atom. The van der Waals surface area contributed by atoms with Gasteiger partial charge < -0.3 is 4.74 Å². The molecule has 1 aliphatic heterocycles. The van der Waals surface area contributed by atoms with Crippen LogP contribution in [-0.2, 0) is 9.53 Å². The highest BCUT2D eigenvalue weighted by molar-refractivity contribution is 7.07. The molecule has 3 aromatic rings. The van der Waals surface area contributed by atoms with Crippen LogP contribution >= 0.6 is 11.3 Å². The molecule has 1 atom stereocenters. The van der Waals surface area contributed by atoms with E-state index in [0.717, 1.165) is 16.7 Å². The maximum atomic E-state index is 13.4. The van der Waals surface area contributed by atoms with Crippen molar-refractivity contribution >= 4 is 23.4 Å². The predicted octanol–water partition coefficient (Wildman–Crippen LogP) is 3.27. The Kier molecular flexibility index (Phi) is 5.82. The molecule has 1 aromatic heterocycles. The smallest absolute Gasteiger partial charge is 0.338 e. The average molecular weight is 431 g/mol. The third-order valence-electron chi connectivity index (χ3n) is 5.06. The first-order chi connectivity index (χ1) is 15.0. The number of rotatable bonds is 5. The van der Waals surface area contributed by atoms with Crippen molar-refractivity contribution in [1.82, 2.24) is 4.57 Å². The van der Waals surface area contributed by atoms with Gasteiger partial charge in [-0.05, 0) is 31.1 Å². The Hall–Kier alpha value is -3.51. The minimum atomic E-state index is -0.602. The fourth-order valence-electron chi connectivity index (χ4n) is 3.56. The summed E-state index contributed by atoms with van der Waals surface area (Å²) in [6.45, 7) is 7.49. The van der Waals surface area contributed by atoms with Gasteiger partial charge in [0.1, 0.15) is 6.61 Å². The lowest BCUT2D eigenvalue weighted by Crippen LogP contribution is -2.39. The third kappa shape index (κ3) is 4.07. The highest BCUT2D eigenvalue weighted by Crippen LogP contribution is 2.30. The van der Waals surface area contributed by atoms with Crippen molar-refractivity contribution in [2.24, 2.45) is 4.99 Å². The molecule has 0 saturated heterocycles. The summed E-state index contributed by atoms with van der Waals surface area (Å²) in [5.74, 6) is -0.497. The van der Waals surface area contributed by atoms with Crippen LogP contribution in [0.4, 0.5) is 0 Å². The van der Waals surface area contributed by atoms with Crippen LogP contribution in [0.2, 0.25) is 0 Å². The first-order valence-electron chi connectivity index (χ1n) is 9.92. The van der Waals surface area contributed by atoms with Gasteiger partial charge in [-0.1, -0.05) is 84.2 Å². The molecule has 1 unspecified atom stereocenters. The number of aromatic nitrogens is 1. The first kappa shape index (κ1) is 20.8. The van der Waals surface area contributed by atoms with Crippen molar-refractivity contribution in [3.05, 3.63) is 115 Å². The molecule has 2 aromatic carbocycles. The number of ether oxygens (including phenoxy) is 1. The number of allylic oxidation sites excluding steroid dienone is 1. The quantitative estimate of drug-likeness (QED) is 0.461. The van der Waals surface area contributed by atoms with Crippen LogP contribution in [-0.4, -0.2) is 17.1 Å². The number of carbonyl (C=O) groups is 1. The van der Waals surface area contributed by atoms with Gasteiger partial charge in [0.15, 0.2) is 4.80 Å². The molecule has 0 N–H and O–H groups in total. The number of hydrogen-bond donors (Lipinski definition) is 0. The van der Waals surface area contributed by atoms with E-state index in [4.69, 9.17) is 4.74 Å². The number of thiazole rings is 1. The van der Waals surface area contributed by atoms with Crippen molar-refractivity contribution in [3.63, 3.8) is 0 Å². The Balaban J connectivity index is 1.92. The molecule has 5 nitrogen and oxygen atoms in total. The number of carbonyl (C=O) groups excluding carboxylic acids is 1. The van der Waals surface area contributed by atoms with Crippen LogP contribution in [0.25, 0.3) is 6.08 Å². The van der Waals surface area contributed by atoms with Crippen LogP contribution in [0.15, 0.2) is 88.3 Å². The number of hydrogen-bond acceptors (Lipinski definition) is 5. The summed E-state index contributed by atoms with van der Waals surface area (Å²) in [7, 11) is 0. The molecule has 31 heavy (non-hydrogen) atoms. The molecule has 156 valence electrons. The predicted molar refractivity (Wildman–Crippen MR) is 123 cm³/mol. The van der Waals surface area contributed by atoms with E-state index in [2.05, 4.69) is 11.6 Å². The van der Waals surface area contributed by atoms with Crippen molar-refractivity contribution in [3.8, 4) is 0 Å². The second kappa shape index (κ2) is 8.70. The Morgan fingerprint density at radius 1 is 1.16 bits per heavy atom. The second-order valence-corrected chi connectivity index (χ2v) is 8.30. The lowest BCUT2D eigenvalue weighted by atomic mass is 9.96. The lowest BCUT2D eigenvalue weighted by Gasteiger charge is -2.24. The summed E-state index contributed by atoms with van der Waals surface area (Å²) in [6, 6.07) is 16.9. The number of benzene rings is 2. The maximum Gasteiger partial charge on any atom is 0.338 e. The number of fused-ring (bicyclic) bond motifs is 1. The van der Waals surface area contributed by atoms with Crippen molar-refractivity contribution < 1.29 is 9.53 Å². The summed E-state index contributed by atoms with van der Waals surface area (Å²) in [6.07, 6.45) is 3.38. The van der Waals surface area contributed by atoms with E-state index >= 15 is 0 Å². The SMILES string of the molecule is C=CCOC(=O)C1=C(C)N=c2s/c(=C/c3ccc(C)cc3)c(=O)n2C1c1ccccc1. The Bertz CT molecular complexity index is 1350. The normalized spacial score (nSPS) is 15.9. The molecule has 0 amide bonds. The fourth-order valence-corrected chi connectivity index (χ4v) is 4.61. The van der Waals surface area contributed by atoms with E-state index in [1.165, 1.54) is 17.4 Å². The average Bonchev–Trinajstić information content (AvgIpc) is 3.07. The van der Waals surface area contributed by atoms with Crippen LogP contribution in [0.5, 0.6) is 0 Å². The molecule has 6 heteroatoms. The minimum absolute atomic E-state index is 0.0922. The van der Waals surface area contributed by atoms with Gasteiger partial charge in [0.25, 0.3) is 5.56 Å². The summed E-state index contributed by atoms with van der Waals surface area (Å²) in [4.78, 5) is 31.5. The van der Waals surface area contributed by atoms with E-state index < -0.39 is 12.0 Å². The van der Waals surface area contributed by atoms with Crippen molar-refractivity contribution in [2.45, 2.75) is 19.9 Å². The minimum Gasteiger partial charge on any atom is -0.458 e. The summed E-state index contributed by atoms with van der Waals surface area (Å²) in [5, 5.41) is 0. The van der Waals surface area contributed by atoms with Crippen molar-refractivity contribution in [1.29, 1.82) is 0 Å². The molecule has 0 radical (unpaired) electrons. The second-order valence-electron chi connectivity index (χ2n) is 7.29. The summed E-state index contributed by atoms with van der Waals surface area (Å²) >= 11 is 1.32. The zero-order chi connectivity index (χ0) is 22.0. The number of nitrogens with zero attached hydrogens (tertiary/aromatic N) is 2. The monoisotopic (exact) mass is 430 g/mol. The van der Waals surface area contributed by atoms with Gasteiger partial charge in [-0.15, -0.1) is 0 Å². The van der Waals surface area contributed by atoms with Gasteiger partial charge in [-0.25, -0.2) is 9.79 Å². The molecule has 2 heterocycles. The van der Waals surface area contributed by atoms with E-state index in [1.807, 2.05) is 67.6 Å². The molecule has 0 fully saturated rings. The van der Waals surface area contributed by atoms with E-state index in [9.17, 15) is 9.59 Å². The van der Waals surface area contributed by atoms with Gasteiger partial charge in [0.05, 0.1) is 21.8 Å². The zero-order valence-electron chi connectivity index (χ0n) is 17.4. The van der Waals surface area contributed by atoms with Crippen LogP contribution in [0.3, 0.4) is 0 Å². The highest BCUT2D eigenvalue weighted by Gasteiger charge is 2.33. The highest BCUT2D eigenvalue weighted by atomic mass is 32.1. The lowest BCUT2D eigenvalue weighted by molar-refractivity contribution is -0.138. The van der Waals surface area contributed by atoms with Crippen molar-refractivity contribution in [2.75, 3.05) is 6.61 Å². The van der Waals surface area contributed by atoms with Crippen LogP contribution < -0.4 is 14.9 Å². The van der Waals surface area contributed by atoms with Gasteiger partial charge in [-0.3, -0.25) is 9.36 Å². The van der Waals surface area contributed by atoms with Gasteiger partial charge in [-0.2, -0.15) is 0 Å². The van der Waals surface area contributed by atoms with Crippen LogP contribution in [0.1, 0.15) is 29.7 Å². The molecule has 0 spiro atoms. The fraction of sp³-hybridized carbons (Fsp3) is 0.160. The van der Waals surface area contributed by atoms with Crippen LogP contribution in [0, 0.1) is 6.92 Å². The van der Waals surface area contributed by atoms with Gasteiger partial charge >= 0.3 is 5.97 Å². The third-order valence-corrected chi connectivity index (χ3v) is 6.05. The molecular weight excluding hydrogens is 408 g/mol. The van der Waals surface area contributed by atoms with E-state index in [1.54, 1.807) is 11.5 Å². The number of aryl methyl sites for hydroxylation is 1. The Labute approximate surface area is 184 Å². The molecular formula is C25H22N2O3S. The molecule has 0 bridgehead atoms. The molecule has 0 saturated carbocycles. The van der Waals surface area contributed by atoms with Gasteiger partial charge in [0.2, 0.25) is 0 Å². The van der Waals surface area contributed by atoms with Gasteiger partial charge in [0, 0.05) is 0 Å². The summed E-state index contributed by atoms with van der Waals surface area (Å²) < 4.78 is 7.49. The molecule has 4 rings (SSSR count). The Morgan fingerprint density at radius 2 is 1.87 bits per heavy atom. The van der Waals surface area contributed by atoms with E-state index in [0.29, 0.717) is 20.6 Å². The molecule has 1 aliphatic rings. The summed E-state index contributed by atoms with van der Waals surface area (Å²) in [5.41, 5.74) is 3.65. The first-order valence-corrected chi connectivity index (χ1v) is 10.7. The van der Waals surface area contributed by atoms with E-state index in [-0.39, 0.29) is 12.2 Å². The zero-order valence-corrected chi connectivity index (χ0v) is 18.2. The molecule has 0 aliphatic carbocycles. The number of esters is 1. The topological polar surface area (TPSA) is 60.7 Å².